The predicted octanol–water partition coefficient (Wildman–Crippen LogP) is 1.11. The Morgan fingerprint density at radius 2 is 1.75 bits per heavy atom. The molecule has 0 aliphatic heterocycles. The highest BCUT2D eigenvalue weighted by atomic mass is 28.4. The maximum Gasteiger partial charge on any atom is 0.536 e. The van der Waals surface area contributed by atoms with Gasteiger partial charge in [0, 0.05) is 38.4 Å². The number of rotatable bonds is 6. The van der Waals surface area contributed by atoms with Crippen molar-refractivity contribution < 1.29 is 13.3 Å². The van der Waals surface area contributed by atoms with Crippen molar-refractivity contribution in [1.29, 1.82) is 10.5 Å². The fraction of sp³-hybridized carbons (Fsp3) is 0.231. The molecule has 0 atom stereocenters. The van der Waals surface area contributed by atoms with Gasteiger partial charge in [-0.25, -0.2) is 0 Å². The number of nitrogens with zero attached hydrogens (tertiary/aromatic N) is 2. The van der Waals surface area contributed by atoms with E-state index in [4.69, 9.17) is 23.8 Å². The molecule has 0 aliphatic carbocycles. The summed E-state index contributed by atoms with van der Waals surface area (Å²) in [5.41, 5.74) is 0.692. The second-order valence-corrected chi connectivity index (χ2v) is 6.59. The molecular weight excluding hydrogens is 274 g/mol. The van der Waals surface area contributed by atoms with Crippen LogP contribution in [0.2, 0.25) is 0 Å². The lowest BCUT2D eigenvalue weighted by Crippen LogP contribution is -2.54. The molecule has 0 amide bonds. The summed E-state index contributed by atoms with van der Waals surface area (Å²) in [6.07, 6.45) is 1.34. The van der Waals surface area contributed by atoms with E-state index in [1.54, 1.807) is 24.3 Å². The van der Waals surface area contributed by atoms with Gasteiger partial charge < -0.3 is 18.6 Å². The highest BCUT2D eigenvalue weighted by Crippen LogP contribution is 2.12. The molecule has 7 heteroatoms. The largest absolute Gasteiger partial charge is 0.536 e. The monoisotopic (exact) mass is 289 g/mol. The molecular formula is C13H15N3O3Si. The number of hydrogen-bond acceptors (Lipinski definition) is 6. The van der Waals surface area contributed by atoms with E-state index in [-0.39, 0.29) is 5.57 Å². The van der Waals surface area contributed by atoms with E-state index in [9.17, 15) is 0 Å². The minimum atomic E-state index is -2.89. The van der Waals surface area contributed by atoms with Crippen molar-refractivity contribution in [3.05, 3.63) is 36.0 Å². The molecule has 0 saturated heterocycles. The van der Waals surface area contributed by atoms with Crippen molar-refractivity contribution in [3.8, 4) is 12.1 Å². The third kappa shape index (κ3) is 3.44. The zero-order valence-electron chi connectivity index (χ0n) is 11.5. The van der Waals surface area contributed by atoms with E-state index in [0.29, 0.717) is 5.69 Å². The average molecular weight is 289 g/mol. The lowest BCUT2D eigenvalue weighted by molar-refractivity contribution is 0.140. The molecule has 0 fully saturated rings. The van der Waals surface area contributed by atoms with Crippen molar-refractivity contribution in [2.75, 3.05) is 26.6 Å². The van der Waals surface area contributed by atoms with Gasteiger partial charge in [-0.3, -0.25) is 0 Å². The first kappa shape index (κ1) is 15.9. The van der Waals surface area contributed by atoms with Gasteiger partial charge in [0.25, 0.3) is 0 Å². The molecule has 104 valence electrons. The summed E-state index contributed by atoms with van der Waals surface area (Å²) in [4.78, 5) is 0. The molecule has 1 aromatic rings. The van der Waals surface area contributed by atoms with E-state index in [1.807, 2.05) is 12.1 Å². The normalized spacial score (nSPS) is 10.2. The summed E-state index contributed by atoms with van der Waals surface area (Å²) >= 11 is 0. The van der Waals surface area contributed by atoms with Gasteiger partial charge in [0.1, 0.15) is 17.7 Å². The van der Waals surface area contributed by atoms with Crippen molar-refractivity contribution in [2.24, 2.45) is 0 Å². The second kappa shape index (κ2) is 7.43. The number of allylic oxidation sites excluding steroid dienone is 1. The van der Waals surface area contributed by atoms with Crippen LogP contribution in [0.1, 0.15) is 0 Å². The molecule has 0 unspecified atom stereocenters. The number of hydrogen-bond donors (Lipinski definition) is 1. The van der Waals surface area contributed by atoms with Gasteiger partial charge in [0.2, 0.25) is 0 Å². The Morgan fingerprint density at radius 1 is 1.15 bits per heavy atom. The minimum Gasteiger partial charge on any atom is -0.373 e. The Morgan fingerprint density at radius 3 is 2.25 bits per heavy atom. The van der Waals surface area contributed by atoms with E-state index >= 15 is 0 Å². The summed E-state index contributed by atoms with van der Waals surface area (Å²) in [6, 6.07) is 10.8. The van der Waals surface area contributed by atoms with E-state index < -0.39 is 8.80 Å². The van der Waals surface area contributed by atoms with Gasteiger partial charge >= 0.3 is 8.80 Å². The van der Waals surface area contributed by atoms with Crippen molar-refractivity contribution in [3.63, 3.8) is 0 Å². The third-order valence-electron chi connectivity index (χ3n) is 2.65. The van der Waals surface area contributed by atoms with Gasteiger partial charge in [-0.2, -0.15) is 10.5 Å². The molecule has 0 saturated carbocycles. The highest BCUT2D eigenvalue weighted by molar-refractivity contribution is 6.75. The van der Waals surface area contributed by atoms with Crippen LogP contribution in [0.15, 0.2) is 36.0 Å². The molecule has 0 aliphatic rings. The molecule has 0 spiro atoms. The number of benzene rings is 1. The van der Waals surface area contributed by atoms with E-state index in [2.05, 4.69) is 5.32 Å². The van der Waals surface area contributed by atoms with E-state index in [0.717, 1.165) is 5.19 Å². The van der Waals surface area contributed by atoms with Gasteiger partial charge in [0.15, 0.2) is 0 Å². The molecule has 6 nitrogen and oxygen atoms in total. The van der Waals surface area contributed by atoms with Crippen LogP contribution in [-0.4, -0.2) is 30.1 Å². The Balaban J connectivity index is 3.06. The summed E-state index contributed by atoms with van der Waals surface area (Å²) in [5.74, 6) is 0. The van der Waals surface area contributed by atoms with Crippen LogP contribution in [0.5, 0.6) is 0 Å². The number of anilines is 1. The summed E-state index contributed by atoms with van der Waals surface area (Å²) in [6.45, 7) is 0. The number of nitrogens with one attached hydrogen (secondary N) is 1. The fourth-order valence-electron chi connectivity index (χ4n) is 1.65. The van der Waals surface area contributed by atoms with E-state index in [1.165, 1.54) is 27.5 Å². The molecule has 0 aromatic heterocycles. The van der Waals surface area contributed by atoms with Gasteiger partial charge in [-0.15, -0.1) is 0 Å². The summed E-state index contributed by atoms with van der Waals surface area (Å²) < 4.78 is 16.2. The average Bonchev–Trinajstić information content (AvgIpc) is 2.51. The molecule has 1 aromatic carbocycles. The molecule has 0 radical (unpaired) electrons. The number of nitriles is 2. The predicted molar refractivity (Wildman–Crippen MR) is 75.8 cm³/mol. The molecule has 1 N–H and O–H groups in total. The Kier molecular flexibility index (Phi) is 5.91. The van der Waals surface area contributed by atoms with Gasteiger partial charge in [0.05, 0.1) is 0 Å². The van der Waals surface area contributed by atoms with Gasteiger partial charge in [-0.05, 0) is 12.1 Å². The third-order valence-corrected chi connectivity index (χ3v) is 5.28. The first-order valence-electron chi connectivity index (χ1n) is 5.68. The fourth-order valence-corrected chi connectivity index (χ4v) is 3.49. The zero-order chi connectivity index (χ0) is 15.0. The minimum absolute atomic E-state index is 0.0101. The Bertz CT molecular complexity index is 547. The second-order valence-electron chi connectivity index (χ2n) is 3.68. The SMILES string of the molecule is CO[Si](OC)(OC)c1cccc(NC=C(C#N)C#N)c1. The van der Waals surface area contributed by atoms with Crippen molar-refractivity contribution >= 4 is 19.7 Å². The first-order valence-corrected chi connectivity index (χ1v) is 7.41. The quantitative estimate of drug-likeness (QED) is 0.623. The van der Waals surface area contributed by atoms with Crippen molar-refractivity contribution in [1.82, 2.24) is 0 Å². The summed E-state index contributed by atoms with van der Waals surface area (Å²) in [7, 11) is 1.70. The van der Waals surface area contributed by atoms with Gasteiger partial charge in [-0.1, -0.05) is 12.1 Å². The lowest BCUT2D eigenvalue weighted by atomic mass is 10.3. The lowest BCUT2D eigenvalue weighted by Gasteiger charge is -2.24. The first-order chi connectivity index (χ1) is 9.65. The standard InChI is InChI=1S/C13H15N3O3Si/c1-17-20(18-2,19-3)13-6-4-5-12(7-13)16-10-11(8-14)9-15/h4-7,10,16H,1-3H3. The van der Waals surface area contributed by atoms with Crippen LogP contribution < -0.4 is 10.5 Å². The van der Waals surface area contributed by atoms with Crippen LogP contribution in [0.4, 0.5) is 5.69 Å². The topological polar surface area (TPSA) is 87.3 Å². The zero-order valence-corrected chi connectivity index (χ0v) is 12.5. The van der Waals surface area contributed by atoms with Crippen LogP contribution >= 0.6 is 0 Å². The molecule has 0 bridgehead atoms. The van der Waals surface area contributed by atoms with Crippen LogP contribution in [0.25, 0.3) is 0 Å². The Hall–Kier alpha value is -2.16. The van der Waals surface area contributed by atoms with Crippen LogP contribution in [0.3, 0.4) is 0 Å². The highest BCUT2D eigenvalue weighted by Gasteiger charge is 2.40. The molecule has 1 rings (SSSR count). The summed E-state index contributed by atoms with van der Waals surface area (Å²) in [5, 5.41) is 21.0. The smallest absolute Gasteiger partial charge is 0.373 e. The molecule has 0 heterocycles. The maximum absolute atomic E-state index is 8.67. The van der Waals surface area contributed by atoms with Crippen LogP contribution in [-0.2, 0) is 13.3 Å². The van der Waals surface area contributed by atoms with Crippen molar-refractivity contribution in [2.45, 2.75) is 0 Å². The molecule has 20 heavy (non-hydrogen) atoms. The maximum atomic E-state index is 8.67. The Labute approximate surface area is 119 Å². The van der Waals surface area contributed by atoms with Crippen LogP contribution in [0, 0.1) is 22.7 Å².